The Bertz CT molecular complexity index is 393. The van der Waals surface area contributed by atoms with Crippen molar-refractivity contribution in [2.24, 2.45) is 5.73 Å². The lowest BCUT2D eigenvalue weighted by Crippen LogP contribution is -2.47. The minimum absolute atomic E-state index is 0.0570. The molecule has 1 aromatic rings. The Labute approximate surface area is 109 Å². The van der Waals surface area contributed by atoms with Crippen LogP contribution in [0.2, 0.25) is 0 Å². The first-order chi connectivity index (χ1) is 8.54. The second kappa shape index (κ2) is 7.13. The van der Waals surface area contributed by atoms with Gasteiger partial charge in [-0.15, -0.1) is 0 Å². The summed E-state index contributed by atoms with van der Waals surface area (Å²) in [5, 5.41) is 2.90. The smallest absolute Gasteiger partial charge is 0.239 e. The van der Waals surface area contributed by atoms with Crippen LogP contribution in [0.5, 0.6) is 0 Å². The number of benzene rings is 1. The van der Waals surface area contributed by atoms with E-state index in [0.717, 1.165) is 6.42 Å². The number of nitrogens with one attached hydrogen (secondary N) is 1. The van der Waals surface area contributed by atoms with E-state index in [4.69, 9.17) is 10.5 Å². The summed E-state index contributed by atoms with van der Waals surface area (Å²) in [6.45, 7) is 4.29. The van der Waals surface area contributed by atoms with E-state index in [2.05, 4.69) is 24.4 Å². The van der Waals surface area contributed by atoms with Crippen molar-refractivity contribution >= 4 is 5.91 Å². The zero-order valence-electron chi connectivity index (χ0n) is 11.3. The standard InChI is InChI=1S/C14H22N2O2/c1-10-6-4-5-7-12(10)8-11(2)16-14(17)13(15)9-18-3/h4-7,11,13H,8-9,15H2,1-3H3,(H,16,17). The molecule has 4 heteroatoms. The number of ether oxygens (including phenoxy) is 1. The highest BCUT2D eigenvalue weighted by Crippen LogP contribution is 2.09. The zero-order chi connectivity index (χ0) is 13.5. The molecule has 4 nitrogen and oxygen atoms in total. The molecule has 1 aromatic carbocycles. The summed E-state index contributed by atoms with van der Waals surface area (Å²) >= 11 is 0. The van der Waals surface area contributed by atoms with Crippen molar-refractivity contribution in [1.82, 2.24) is 5.32 Å². The van der Waals surface area contributed by atoms with Crippen molar-refractivity contribution < 1.29 is 9.53 Å². The van der Waals surface area contributed by atoms with Crippen molar-refractivity contribution in [3.05, 3.63) is 35.4 Å². The minimum atomic E-state index is -0.602. The predicted octanol–water partition coefficient (Wildman–Crippen LogP) is 1.02. The normalized spacial score (nSPS) is 14.0. The van der Waals surface area contributed by atoms with Crippen molar-refractivity contribution in [1.29, 1.82) is 0 Å². The van der Waals surface area contributed by atoms with Crippen LogP contribution in [-0.4, -0.2) is 31.7 Å². The van der Waals surface area contributed by atoms with Crippen LogP contribution in [0.4, 0.5) is 0 Å². The second-order valence-electron chi connectivity index (χ2n) is 4.60. The van der Waals surface area contributed by atoms with E-state index in [-0.39, 0.29) is 18.6 Å². The third-order valence-electron chi connectivity index (χ3n) is 2.86. The van der Waals surface area contributed by atoms with Gasteiger partial charge in [0.2, 0.25) is 5.91 Å². The Hall–Kier alpha value is -1.39. The Kier molecular flexibility index (Phi) is 5.82. The third-order valence-corrected chi connectivity index (χ3v) is 2.86. The molecule has 100 valence electrons. The maximum absolute atomic E-state index is 11.7. The van der Waals surface area contributed by atoms with Gasteiger partial charge in [-0.1, -0.05) is 24.3 Å². The molecule has 1 amide bonds. The molecule has 0 spiro atoms. The third kappa shape index (κ3) is 4.47. The fourth-order valence-electron chi connectivity index (χ4n) is 1.83. The quantitative estimate of drug-likeness (QED) is 0.792. The van der Waals surface area contributed by atoms with Crippen LogP contribution < -0.4 is 11.1 Å². The van der Waals surface area contributed by atoms with Gasteiger partial charge >= 0.3 is 0 Å². The van der Waals surface area contributed by atoms with Crippen LogP contribution >= 0.6 is 0 Å². The first-order valence-corrected chi connectivity index (χ1v) is 6.14. The van der Waals surface area contributed by atoms with Gasteiger partial charge in [-0.25, -0.2) is 0 Å². The van der Waals surface area contributed by atoms with E-state index in [1.165, 1.54) is 18.2 Å². The maximum Gasteiger partial charge on any atom is 0.239 e. The monoisotopic (exact) mass is 250 g/mol. The average Bonchev–Trinajstić information content (AvgIpc) is 2.32. The summed E-state index contributed by atoms with van der Waals surface area (Å²) < 4.78 is 4.86. The van der Waals surface area contributed by atoms with Crippen LogP contribution in [0.25, 0.3) is 0 Å². The molecule has 2 atom stereocenters. The summed E-state index contributed by atoms with van der Waals surface area (Å²) in [6, 6.07) is 7.62. The molecule has 0 saturated heterocycles. The van der Waals surface area contributed by atoms with E-state index in [0.29, 0.717) is 0 Å². The van der Waals surface area contributed by atoms with Crippen molar-refractivity contribution in [3.8, 4) is 0 Å². The van der Waals surface area contributed by atoms with E-state index in [9.17, 15) is 4.79 Å². The maximum atomic E-state index is 11.7. The Morgan fingerprint density at radius 1 is 1.44 bits per heavy atom. The highest BCUT2D eigenvalue weighted by molar-refractivity contribution is 5.81. The fourth-order valence-corrected chi connectivity index (χ4v) is 1.83. The fraction of sp³-hybridized carbons (Fsp3) is 0.500. The van der Waals surface area contributed by atoms with Crippen LogP contribution in [0.3, 0.4) is 0 Å². The molecule has 0 saturated carbocycles. The van der Waals surface area contributed by atoms with Gasteiger partial charge in [-0.2, -0.15) is 0 Å². The van der Waals surface area contributed by atoms with E-state index < -0.39 is 6.04 Å². The largest absolute Gasteiger partial charge is 0.383 e. The number of aryl methyl sites for hydroxylation is 1. The molecular weight excluding hydrogens is 228 g/mol. The van der Waals surface area contributed by atoms with Gasteiger partial charge in [-0.3, -0.25) is 4.79 Å². The molecule has 0 aliphatic heterocycles. The van der Waals surface area contributed by atoms with Gasteiger partial charge in [0, 0.05) is 13.2 Å². The van der Waals surface area contributed by atoms with Gasteiger partial charge in [-0.05, 0) is 31.4 Å². The topological polar surface area (TPSA) is 64.3 Å². The van der Waals surface area contributed by atoms with Crippen molar-refractivity contribution in [2.45, 2.75) is 32.4 Å². The molecule has 3 N–H and O–H groups in total. The lowest BCUT2D eigenvalue weighted by atomic mass is 10.0. The number of hydrogen-bond donors (Lipinski definition) is 2. The molecule has 2 unspecified atom stereocenters. The predicted molar refractivity (Wildman–Crippen MR) is 72.3 cm³/mol. The van der Waals surface area contributed by atoms with Gasteiger partial charge in [0.25, 0.3) is 0 Å². The Balaban J connectivity index is 2.49. The lowest BCUT2D eigenvalue weighted by Gasteiger charge is -2.18. The van der Waals surface area contributed by atoms with E-state index in [1.807, 2.05) is 19.1 Å². The van der Waals surface area contributed by atoms with Crippen LogP contribution in [0, 0.1) is 6.92 Å². The van der Waals surface area contributed by atoms with Crippen LogP contribution in [0.1, 0.15) is 18.1 Å². The zero-order valence-corrected chi connectivity index (χ0v) is 11.3. The summed E-state index contributed by atoms with van der Waals surface area (Å²) in [4.78, 5) is 11.7. The molecule has 0 bridgehead atoms. The van der Waals surface area contributed by atoms with Crippen LogP contribution in [0.15, 0.2) is 24.3 Å². The van der Waals surface area contributed by atoms with Crippen molar-refractivity contribution in [2.75, 3.05) is 13.7 Å². The number of rotatable bonds is 6. The summed E-state index contributed by atoms with van der Waals surface area (Å²) in [5.74, 6) is -0.169. The molecule has 0 aliphatic carbocycles. The number of carbonyl (C=O) groups is 1. The van der Waals surface area contributed by atoms with Gasteiger partial charge in [0.1, 0.15) is 6.04 Å². The van der Waals surface area contributed by atoms with Gasteiger partial charge in [0.15, 0.2) is 0 Å². The highest BCUT2D eigenvalue weighted by Gasteiger charge is 2.15. The Morgan fingerprint density at radius 2 is 2.11 bits per heavy atom. The molecule has 0 aliphatic rings. The molecule has 0 aromatic heterocycles. The minimum Gasteiger partial charge on any atom is -0.383 e. The Morgan fingerprint density at radius 3 is 2.72 bits per heavy atom. The van der Waals surface area contributed by atoms with Crippen molar-refractivity contribution in [3.63, 3.8) is 0 Å². The SMILES string of the molecule is COCC(N)C(=O)NC(C)Cc1ccccc1C. The first kappa shape index (κ1) is 14.7. The lowest BCUT2D eigenvalue weighted by molar-refractivity contribution is -0.124. The van der Waals surface area contributed by atoms with E-state index in [1.54, 1.807) is 0 Å². The molecule has 0 fully saturated rings. The molecule has 0 radical (unpaired) electrons. The second-order valence-corrected chi connectivity index (χ2v) is 4.60. The van der Waals surface area contributed by atoms with E-state index >= 15 is 0 Å². The summed E-state index contributed by atoms with van der Waals surface area (Å²) in [5.41, 5.74) is 8.14. The number of nitrogens with two attached hydrogens (primary N) is 1. The molecular formula is C14H22N2O2. The number of carbonyl (C=O) groups excluding carboxylic acids is 1. The number of methoxy groups -OCH3 is 1. The number of amides is 1. The van der Waals surface area contributed by atoms with Gasteiger partial charge < -0.3 is 15.8 Å². The number of hydrogen-bond acceptors (Lipinski definition) is 3. The molecule has 0 heterocycles. The van der Waals surface area contributed by atoms with Gasteiger partial charge in [0.05, 0.1) is 6.61 Å². The molecule has 18 heavy (non-hydrogen) atoms. The van der Waals surface area contributed by atoms with Crippen LogP contribution in [-0.2, 0) is 16.0 Å². The highest BCUT2D eigenvalue weighted by atomic mass is 16.5. The summed E-state index contributed by atoms with van der Waals surface area (Å²) in [7, 11) is 1.53. The average molecular weight is 250 g/mol. The summed E-state index contributed by atoms with van der Waals surface area (Å²) in [6.07, 6.45) is 0.804. The molecule has 1 rings (SSSR count). The first-order valence-electron chi connectivity index (χ1n) is 6.14.